The van der Waals surface area contributed by atoms with E-state index in [1.807, 2.05) is 12.1 Å². The number of rotatable bonds is 5. The third kappa shape index (κ3) is 2.88. The first-order valence-electron chi connectivity index (χ1n) is 8.00. The fourth-order valence-electron chi connectivity index (χ4n) is 2.68. The summed E-state index contributed by atoms with van der Waals surface area (Å²) in [5, 5.41) is 3.43. The van der Waals surface area contributed by atoms with Gasteiger partial charge in [-0.3, -0.25) is 9.55 Å². The summed E-state index contributed by atoms with van der Waals surface area (Å²) in [6, 6.07) is 4.63. The molecule has 3 aromatic rings. The van der Waals surface area contributed by atoms with Gasteiger partial charge in [-0.25, -0.2) is 14.8 Å². The van der Waals surface area contributed by atoms with Crippen molar-refractivity contribution in [2.75, 3.05) is 5.73 Å². The number of H-pyrrole nitrogens is 1. The minimum Gasteiger partial charge on any atom is -0.382 e. The van der Waals surface area contributed by atoms with Gasteiger partial charge in [0.05, 0.1) is 12.2 Å². The van der Waals surface area contributed by atoms with Crippen molar-refractivity contribution in [3.8, 4) is 0 Å². The van der Waals surface area contributed by atoms with Crippen molar-refractivity contribution < 1.29 is 0 Å². The summed E-state index contributed by atoms with van der Waals surface area (Å²) in [4.78, 5) is 27.8. The Morgan fingerprint density at radius 2 is 2.21 bits per heavy atom. The van der Waals surface area contributed by atoms with E-state index in [9.17, 15) is 4.79 Å². The van der Waals surface area contributed by atoms with Crippen molar-refractivity contribution in [2.45, 2.75) is 38.9 Å². The molecular formula is C16H19N7O. The third-order valence-corrected chi connectivity index (χ3v) is 4.14. The first kappa shape index (κ1) is 14.8. The molecule has 1 aliphatic rings. The molecule has 124 valence electrons. The lowest BCUT2D eigenvalue weighted by molar-refractivity contribution is 0.672. The highest BCUT2D eigenvalue weighted by atomic mass is 16.1. The Hall–Kier alpha value is -2.74. The molecule has 0 radical (unpaired) electrons. The van der Waals surface area contributed by atoms with Gasteiger partial charge in [-0.1, -0.05) is 6.07 Å². The monoisotopic (exact) mass is 325 g/mol. The van der Waals surface area contributed by atoms with Crippen molar-refractivity contribution in [3.63, 3.8) is 0 Å². The van der Waals surface area contributed by atoms with E-state index in [2.05, 4.69) is 25.3 Å². The molecule has 3 aromatic heterocycles. The summed E-state index contributed by atoms with van der Waals surface area (Å²) < 4.78 is 1.56. The molecule has 0 unspecified atom stereocenters. The van der Waals surface area contributed by atoms with Crippen LogP contribution >= 0.6 is 0 Å². The van der Waals surface area contributed by atoms with Crippen LogP contribution in [0, 0.1) is 6.92 Å². The summed E-state index contributed by atoms with van der Waals surface area (Å²) in [5.41, 5.74) is 8.53. The van der Waals surface area contributed by atoms with Gasteiger partial charge in [-0.2, -0.15) is 0 Å². The summed E-state index contributed by atoms with van der Waals surface area (Å²) in [6.07, 6.45) is 4.31. The highest BCUT2D eigenvalue weighted by molar-refractivity contribution is 5.81. The fourth-order valence-corrected chi connectivity index (χ4v) is 2.68. The van der Waals surface area contributed by atoms with Gasteiger partial charge in [0, 0.05) is 18.8 Å². The van der Waals surface area contributed by atoms with Crippen LogP contribution in [0.15, 0.2) is 23.1 Å². The molecule has 1 saturated carbocycles. The maximum absolute atomic E-state index is 12.2. The van der Waals surface area contributed by atoms with Gasteiger partial charge in [0.15, 0.2) is 11.5 Å². The van der Waals surface area contributed by atoms with Crippen molar-refractivity contribution >= 4 is 17.0 Å². The number of nitrogens with one attached hydrogen (secondary N) is 2. The number of imidazole rings is 1. The zero-order valence-electron chi connectivity index (χ0n) is 13.4. The molecule has 0 bridgehead atoms. The van der Waals surface area contributed by atoms with Crippen molar-refractivity contribution in [2.24, 2.45) is 0 Å². The molecule has 1 aliphatic carbocycles. The SMILES string of the molecule is Cc1nc(N)c2[nH]c(=O)n(Cc3ccc(CNC4CC4)nc3)c2n1. The second kappa shape index (κ2) is 5.72. The Morgan fingerprint density at radius 1 is 1.38 bits per heavy atom. The molecule has 3 heterocycles. The number of aromatic nitrogens is 5. The zero-order valence-corrected chi connectivity index (χ0v) is 13.4. The predicted molar refractivity (Wildman–Crippen MR) is 90.5 cm³/mol. The number of nitrogens with zero attached hydrogens (tertiary/aromatic N) is 4. The molecule has 0 spiro atoms. The molecule has 0 aliphatic heterocycles. The molecule has 8 heteroatoms. The van der Waals surface area contributed by atoms with E-state index in [4.69, 9.17) is 5.73 Å². The number of pyridine rings is 1. The Kier molecular flexibility index (Phi) is 3.53. The average molecular weight is 325 g/mol. The Bertz CT molecular complexity index is 937. The molecule has 0 saturated heterocycles. The number of nitrogens with two attached hydrogens (primary N) is 1. The lowest BCUT2D eigenvalue weighted by Crippen LogP contribution is -2.18. The van der Waals surface area contributed by atoms with Crippen molar-refractivity contribution in [1.82, 2.24) is 29.8 Å². The van der Waals surface area contributed by atoms with Crippen molar-refractivity contribution in [1.29, 1.82) is 0 Å². The van der Waals surface area contributed by atoms with E-state index in [0.29, 0.717) is 29.6 Å². The van der Waals surface area contributed by atoms with Crippen LogP contribution in [0.1, 0.15) is 29.9 Å². The molecule has 0 aromatic carbocycles. The number of hydrogen-bond donors (Lipinski definition) is 3. The molecule has 1 fully saturated rings. The van der Waals surface area contributed by atoms with Gasteiger partial charge in [0.2, 0.25) is 0 Å². The van der Waals surface area contributed by atoms with Crippen LogP contribution in [0.5, 0.6) is 0 Å². The number of nitrogen functional groups attached to an aromatic ring is 1. The minimum atomic E-state index is -0.254. The smallest absolute Gasteiger partial charge is 0.328 e. The maximum atomic E-state index is 12.2. The highest BCUT2D eigenvalue weighted by Crippen LogP contribution is 2.19. The van der Waals surface area contributed by atoms with Gasteiger partial charge in [-0.15, -0.1) is 0 Å². The van der Waals surface area contributed by atoms with E-state index >= 15 is 0 Å². The van der Waals surface area contributed by atoms with Gasteiger partial charge in [0.1, 0.15) is 11.3 Å². The Labute approximate surface area is 138 Å². The summed E-state index contributed by atoms with van der Waals surface area (Å²) in [6.45, 7) is 2.92. The standard InChI is InChI=1S/C16H19N7O/c1-9-20-14(17)13-15(21-9)23(16(24)22-13)8-10-2-3-12(18-6-10)7-19-11-4-5-11/h2-3,6,11,19H,4-5,7-8H2,1H3,(H,22,24)(H2,17,20,21). The number of anilines is 1. The molecule has 4 rings (SSSR count). The number of aryl methyl sites for hydroxylation is 1. The van der Waals surface area contributed by atoms with E-state index < -0.39 is 0 Å². The summed E-state index contributed by atoms with van der Waals surface area (Å²) in [5.74, 6) is 0.820. The van der Waals surface area contributed by atoms with Crippen LogP contribution in [0.2, 0.25) is 0 Å². The third-order valence-electron chi connectivity index (χ3n) is 4.14. The lowest BCUT2D eigenvalue weighted by Gasteiger charge is -2.06. The topological polar surface area (TPSA) is 115 Å². The van der Waals surface area contributed by atoms with Crippen LogP contribution in [-0.4, -0.2) is 30.5 Å². The van der Waals surface area contributed by atoms with Gasteiger partial charge in [0.25, 0.3) is 0 Å². The number of fused-ring (bicyclic) bond motifs is 1. The average Bonchev–Trinajstić information content (AvgIpc) is 3.33. The van der Waals surface area contributed by atoms with E-state index in [1.165, 1.54) is 12.8 Å². The quantitative estimate of drug-likeness (QED) is 0.636. The van der Waals surface area contributed by atoms with Crippen LogP contribution in [0.25, 0.3) is 11.2 Å². The Morgan fingerprint density at radius 3 is 2.92 bits per heavy atom. The first-order valence-corrected chi connectivity index (χ1v) is 8.00. The summed E-state index contributed by atoms with van der Waals surface area (Å²) >= 11 is 0. The molecule has 0 amide bonds. The van der Waals surface area contributed by atoms with Gasteiger partial charge in [-0.05, 0) is 31.4 Å². The normalized spacial score (nSPS) is 14.4. The molecule has 0 atom stereocenters. The second-order valence-corrected chi connectivity index (χ2v) is 6.18. The van der Waals surface area contributed by atoms with Crippen LogP contribution < -0.4 is 16.7 Å². The van der Waals surface area contributed by atoms with Crippen LogP contribution in [-0.2, 0) is 13.1 Å². The van der Waals surface area contributed by atoms with Crippen LogP contribution in [0.4, 0.5) is 5.82 Å². The predicted octanol–water partition coefficient (Wildman–Crippen LogP) is 0.706. The fraction of sp³-hybridized carbons (Fsp3) is 0.375. The van der Waals surface area contributed by atoms with Gasteiger partial charge < -0.3 is 16.0 Å². The van der Waals surface area contributed by atoms with E-state index in [-0.39, 0.29) is 11.5 Å². The second-order valence-electron chi connectivity index (χ2n) is 6.18. The number of aromatic amines is 1. The zero-order chi connectivity index (χ0) is 16.7. The highest BCUT2D eigenvalue weighted by Gasteiger charge is 2.20. The lowest BCUT2D eigenvalue weighted by atomic mass is 10.2. The number of hydrogen-bond acceptors (Lipinski definition) is 6. The first-order chi connectivity index (χ1) is 11.6. The minimum absolute atomic E-state index is 0.254. The van der Waals surface area contributed by atoms with Crippen LogP contribution in [0.3, 0.4) is 0 Å². The molecular weight excluding hydrogens is 306 g/mol. The van der Waals surface area contributed by atoms with Crippen molar-refractivity contribution in [3.05, 3.63) is 45.9 Å². The molecule has 4 N–H and O–H groups in total. The maximum Gasteiger partial charge on any atom is 0.328 e. The largest absolute Gasteiger partial charge is 0.382 e. The van der Waals surface area contributed by atoms with E-state index in [1.54, 1.807) is 17.7 Å². The molecule has 8 nitrogen and oxygen atoms in total. The molecule has 24 heavy (non-hydrogen) atoms. The van der Waals surface area contributed by atoms with Gasteiger partial charge >= 0.3 is 5.69 Å². The summed E-state index contributed by atoms with van der Waals surface area (Å²) in [7, 11) is 0. The Balaban J connectivity index is 1.59. The van der Waals surface area contributed by atoms with E-state index in [0.717, 1.165) is 17.8 Å².